The average Bonchev–Trinajstić information content (AvgIpc) is 3.02. The molecule has 0 saturated heterocycles. The van der Waals surface area contributed by atoms with Crippen molar-refractivity contribution < 1.29 is 14.3 Å². The number of benzene rings is 1. The molecular formula is C11H12FNO2. The van der Waals surface area contributed by atoms with Gasteiger partial charge in [0.2, 0.25) is 5.91 Å². The van der Waals surface area contributed by atoms with Gasteiger partial charge >= 0.3 is 0 Å². The zero-order valence-electron chi connectivity index (χ0n) is 8.16. The lowest BCUT2D eigenvalue weighted by Gasteiger charge is -2.12. The third-order valence-corrected chi connectivity index (χ3v) is 2.76. The van der Waals surface area contributed by atoms with Crippen LogP contribution in [-0.4, -0.2) is 17.6 Å². The second-order valence-corrected chi connectivity index (χ2v) is 3.87. The van der Waals surface area contributed by atoms with E-state index in [0.717, 1.165) is 0 Å². The first-order chi connectivity index (χ1) is 7.18. The molecule has 1 aromatic rings. The second-order valence-electron chi connectivity index (χ2n) is 3.87. The molecular weight excluding hydrogens is 197 g/mol. The minimum atomic E-state index is -0.664. The topological polar surface area (TPSA) is 49.3 Å². The van der Waals surface area contributed by atoms with Gasteiger partial charge in [0.15, 0.2) is 0 Å². The summed E-state index contributed by atoms with van der Waals surface area (Å²) >= 11 is 0. The number of aliphatic hydroxyl groups excluding tert-OH is 1. The Morgan fingerprint density at radius 2 is 2.13 bits per heavy atom. The van der Waals surface area contributed by atoms with Crippen LogP contribution in [0.2, 0.25) is 0 Å². The molecule has 1 fully saturated rings. The van der Waals surface area contributed by atoms with Crippen molar-refractivity contribution in [3.63, 3.8) is 0 Å². The molecule has 0 heterocycles. The van der Waals surface area contributed by atoms with Crippen LogP contribution in [0.25, 0.3) is 0 Å². The van der Waals surface area contributed by atoms with E-state index in [2.05, 4.69) is 5.32 Å². The summed E-state index contributed by atoms with van der Waals surface area (Å²) in [7, 11) is 0. The van der Waals surface area contributed by atoms with E-state index in [0.29, 0.717) is 12.8 Å². The number of rotatable bonds is 3. The molecule has 2 N–H and O–H groups in total. The van der Waals surface area contributed by atoms with E-state index in [9.17, 15) is 9.18 Å². The third-order valence-electron chi connectivity index (χ3n) is 2.76. The molecule has 0 aliphatic heterocycles. The Kier molecular flexibility index (Phi) is 2.44. The van der Waals surface area contributed by atoms with Crippen molar-refractivity contribution in [1.29, 1.82) is 0 Å². The number of nitrogens with one attached hydrogen (secondary N) is 1. The number of halogens is 1. The Morgan fingerprint density at radius 1 is 1.47 bits per heavy atom. The number of hydrogen-bond acceptors (Lipinski definition) is 2. The number of carbonyl (C=O) groups is 1. The normalized spacial score (nSPS) is 17.2. The van der Waals surface area contributed by atoms with Crippen molar-refractivity contribution in [3.05, 3.63) is 30.1 Å². The molecule has 0 radical (unpaired) electrons. The maximum absolute atomic E-state index is 13.2. The Bertz CT molecular complexity index is 388. The molecule has 1 aromatic carbocycles. The Morgan fingerprint density at radius 3 is 2.67 bits per heavy atom. The van der Waals surface area contributed by atoms with Gasteiger partial charge in [-0.2, -0.15) is 0 Å². The molecule has 2 rings (SSSR count). The van der Waals surface area contributed by atoms with Gasteiger partial charge in [-0.25, -0.2) is 4.39 Å². The standard InChI is InChI=1S/C11H12FNO2/c12-8-3-1-2-4-9(8)13-10(15)11(7-14)5-6-11/h1-4,14H,5-7H2,(H,13,15). The smallest absolute Gasteiger partial charge is 0.232 e. The minimum Gasteiger partial charge on any atom is -0.395 e. The van der Waals surface area contributed by atoms with E-state index in [4.69, 9.17) is 5.11 Å². The number of anilines is 1. The highest BCUT2D eigenvalue weighted by molar-refractivity contribution is 5.97. The van der Waals surface area contributed by atoms with Crippen molar-refractivity contribution in [1.82, 2.24) is 0 Å². The predicted molar refractivity (Wildman–Crippen MR) is 53.8 cm³/mol. The van der Waals surface area contributed by atoms with E-state index in [-0.39, 0.29) is 18.2 Å². The van der Waals surface area contributed by atoms with Crippen LogP contribution < -0.4 is 5.32 Å². The molecule has 1 aliphatic carbocycles. The summed E-state index contributed by atoms with van der Waals surface area (Å²) in [4.78, 5) is 11.6. The number of para-hydroxylation sites is 1. The predicted octanol–water partition coefficient (Wildman–Crippen LogP) is 1.54. The first kappa shape index (κ1) is 10.1. The monoisotopic (exact) mass is 209 g/mol. The maximum atomic E-state index is 13.2. The van der Waals surface area contributed by atoms with Crippen LogP contribution in [-0.2, 0) is 4.79 Å². The van der Waals surface area contributed by atoms with Gasteiger partial charge < -0.3 is 10.4 Å². The Hall–Kier alpha value is -1.42. The van der Waals surface area contributed by atoms with Crippen molar-refractivity contribution in [2.24, 2.45) is 5.41 Å². The first-order valence-electron chi connectivity index (χ1n) is 4.85. The van der Waals surface area contributed by atoms with Crippen LogP contribution in [0.4, 0.5) is 10.1 Å². The Labute approximate surface area is 86.9 Å². The highest BCUT2D eigenvalue weighted by Gasteiger charge is 2.49. The molecule has 0 bridgehead atoms. The molecule has 1 saturated carbocycles. The van der Waals surface area contributed by atoms with Crippen LogP contribution in [0.5, 0.6) is 0 Å². The molecule has 80 valence electrons. The summed E-state index contributed by atoms with van der Waals surface area (Å²) in [6.45, 7) is -0.173. The van der Waals surface area contributed by atoms with Crippen molar-refractivity contribution in [2.75, 3.05) is 11.9 Å². The number of hydrogen-bond donors (Lipinski definition) is 2. The van der Waals surface area contributed by atoms with Gasteiger partial charge in [0, 0.05) is 0 Å². The summed E-state index contributed by atoms with van der Waals surface area (Å²) in [5.41, 5.74) is -0.496. The third kappa shape index (κ3) is 1.85. The zero-order valence-corrected chi connectivity index (χ0v) is 8.16. The summed E-state index contributed by atoms with van der Waals surface area (Å²) < 4.78 is 13.2. The van der Waals surface area contributed by atoms with E-state index in [1.165, 1.54) is 12.1 Å². The maximum Gasteiger partial charge on any atom is 0.232 e. The number of amides is 1. The fourth-order valence-electron chi connectivity index (χ4n) is 1.43. The number of carbonyl (C=O) groups excluding carboxylic acids is 1. The van der Waals surface area contributed by atoms with Gasteiger partial charge in [0.1, 0.15) is 5.82 Å². The fourth-order valence-corrected chi connectivity index (χ4v) is 1.43. The van der Waals surface area contributed by atoms with Gasteiger partial charge in [-0.3, -0.25) is 4.79 Å². The van der Waals surface area contributed by atoms with E-state index in [1.807, 2.05) is 0 Å². The van der Waals surface area contributed by atoms with Crippen molar-refractivity contribution in [3.8, 4) is 0 Å². The first-order valence-corrected chi connectivity index (χ1v) is 4.85. The van der Waals surface area contributed by atoms with Gasteiger partial charge in [0.05, 0.1) is 17.7 Å². The summed E-state index contributed by atoms with van der Waals surface area (Å²) in [6, 6.07) is 6.00. The van der Waals surface area contributed by atoms with Gasteiger partial charge in [0.25, 0.3) is 0 Å². The molecule has 15 heavy (non-hydrogen) atoms. The fraction of sp³-hybridized carbons (Fsp3) is 0.364. The van der Waals surface area contributed by atoms with Crippen LogP contribution in [0.3, 0.4) is 0 Å². The van der Waals surface area contributed by atoms with E-state index >= 15 is 0 Å². The quantitative estimate of drug-likeness (QED) is 0.793. The van der Waals surface area contributed by atoms with Gasteiger partial charge in [-0.15, -0.1) is 0 Å². The highest BCUT2D eigenvalue weighted by Crippen LogP contribution is 2.45. The minimum absolute atomic E-state index is 0.169. The molecule has 3 nitrogen and oxygen atoms in total. The molecule has 0 aromatic heterocycles. The van der Waals surface area contributed by atoms with Crippen LogP contribution in [0, 0.1) is 11.2 Å². The summed E-state index contributed by atoms with van der Waals surface area (Å²) in [5, 5.41) is 11.5. The van der Waals surface area contributed by atoms with E-state index < -0.39 is 11.2 Å². The molecule has 0 spiro atoms. The highest BCUT2D eigenvalue weighted by atomic mass is 19.1. The Balaban J connectivity index is 2.10. The van der Waals surface area contributed by atoms with Crippen LogP contribution in [0.1, 0.15) is 12.8 Å². The van der Waals surface area contributed by atoms with E-state index in [1.54, 1.807) is 12.1 Å². The molecule has 1 aliphatic rings. The summed E-state index contributed by atoms with van der Waals surface area (Å²) in [5.74, 6) is -0.755. The lowest BCUT2D eigenvalue weighted by molar-refractivity contribution is -0.122. The SMILES string of the molecule is O=C(Nc1ccccc1F)C1(CO)CC1. The van der Waals surface area contributed by atoms with Gasteiger partial charge in [-0.05, 0) is 25.0 Å². The lowest BCUT2D eigenvalue weighted by atomic mass is 10.1. The molecule has 0 unspecified atom stereocenters. The zero-order chi connectivity index (χ0) is 10.9. The van der Waals surface area contributed by atoms with Crippen molar-refractivity contribution >= 4 is 11.6 Å². The largest absolute Gasteiger partial charge is 0.395 e. The lowest BCUT2D eigenvalue weighted by Crippen LogP contribution is -2.27. The molecule has 4 heteroatoms. The number of aliphatic hydroxyl groups is 1. The molecule has 1 amide bonds. The van der Waals surface area contributed by atoms with Crippen molar-refractivity contribution in [2.45, 2.75) is 12.8 Å². The summed E-state index contributed by atoms with van der Waals surface area (Å²) in [6.07, 6.45) is 1.34. The van der Waals surface area contributed by atoms with Crippen LogP contribution >= 0.6 is 0 Å². The van der Waals surface area contributed by atoms with Crippen LogP contribution in [0.15, 0.2) is 24.3 Å². The molecule has 0 atom stereocenters. The average molecular weight is 209 g/mol. The second kappa shape index (κ2) is 3.62. The van der Waals surface area contributed by atoms with Gasteiger partial charge in [-0.1, -0.05) is 12.1 Å².